The molecule has 1 aromatic heterocycles. The number of benzene rings is 3. The first kappa shape index (κ1) is 25.5. The Morgan fingerprint density at radius 1 is 0.784 bits per heavy atom. The Balaban J connectivity index is 1.35. The fourth-order valence-electron chi connectivity index (χ4n) is 3.47. The molecule has 5 N–H and O–H groups in total. The van der Waals surface area contributed by atoms with Gasteiger partial charge < -0.3 is 16.4 Å². The van der Waals surface area contributed by atoms with E-state index in [9.17, 15) is 18.0 Å². The molecule has 0 saturated carbocycles. The molecule has 0 radical (unpaired) electrons. The van der Waals surface area contributed by atoms with Crippen molar-refractivity contribution in [1.82, 2.24) is 10.3 Å². The second-order valence-corrected chi connectivity index (χ2v) is 9.81. The molecule has 1 unspecified atom stereocenters. The predicted octanol–water partition coefficient (Wildman–Crippen LogP) is 3.56. The molecule has 0 aliphatic heterocycles. The van der Waals surface area contributed by atoms with Gasteiger partial charge in [-0.05, 0) is 60.2 Å². The molecule has 2 amide bonds. The first-order valence-electron chi connectivity index (χ1n) is 11.3. The lowest BCUT2D eigenvalue weighted by molar-refractivity contribution is 0.0950. The Morgan fingerprint density at radius 2 is 1.49 bits per heavy atom. The van der Waals surface area contributed by atoms with Crippen LogP contribution in [-0.4, -0.2) is 31.8 Å². The number of carbonyl (C=O) groups excluding carboxylic acids is 2. The average Bonchev–Trinajstić information content (AvgIpc) is 2.92. The van der Waals surface area contributed by atoms with E-state index in [1.54, 1.807) is 79.1 Å². The molecule has 0 saturated heterocycles. The number of sulfonamides is 1. The van der Waals surface area contributed by atoms with Gasteiger partial charge in [-0.3, -0.25) is 19.3 Å². The van der Waals surface area contributed by atoms with Gasteiger partial charge in [-0.25, -0.2) is 8.42 Å². The van der Waals surface area contributed by atoms with Gasteiger partial charge in [0.15, 0.2) is 0 Å². The summed E-state index contributed by atoms with van der Waals surface area (Å²) in [5.74, 6) is -0.725. The SMILES string of the molecule is NC(CNC(=O)c1cccc(S(=O)(=O)Nc2ccccc2)c1)c1ccc(C(=O)Nc2ccncc2)cc1. The summed E-state index contributed by atoms with van der Waals surface area (Å²) in [6.07, 6.45) is 3.17. The van der Waals surface area contributed by atoms with Crippen molar-refractivity contribution in [3.63, 3.8) is 0 Å². The summed E-state index contributed by atoms with van der Waals surface area (Å²) < 4.78 is 27.9. The molecule has 1 heterocycles. The highest BCUT2D eigenvalue weighted by molar-refractivity contribution is 7.92. The molecule has 9 nitrogen and oxygen atoms in total. The topological polar surface area (TPSA) is 143 Å². The molecular weight excluding hydrogens is 490 g/mol. The van der Waals surface area contributed by atoms with Gasteiger partial charge in [-0.15, -0.1) is 0 Å². The van der Waals surface area contributed by atoms with E-state index in [1.807, 2.05) is 0 Å². The first-order valence-corrected chi connectivity index (χ1v) is 12.8. The Hall–Kier alpha value is -4.54. The minimum absolute atomic E-state index is 0.0334. The van der Waals surface area contributed by atoms with E-state index in [0.29, 0.717) is 16.9 Å². The predicted molar refractivity (Wildman–Crippen MR) is 142 cm³/mol. The van der Waals surface area contributed by atoms with Crippen LogP contribution < -0.4 is 21.1 Å². The summed E-state index contributed by atoms with van der Waals surface area (Å²) in [7, 11) is -3.87. The highest BCUT2D eigenvalue weighted by Crippen LogP contribution is 2.18. The number of nitrogens with one attached hydrogen (secondary N) is 3. The standard InChI is InChI=1S/C27H25N5O4S/c28-25(19-9-11-20(12-10-19)27(34)31-22-13-15-29-16-14-22)18-30-26(33)21-5-4-8-24(17-21)37(35,36)32-23-6-2-1-3-7-23/h1-17,25,32H,18,28H2,(H,30,33)(H,29,31,34). The molecule has 1 atom stereocenters. The van der Waals surface area contributed by atoms with E-state index < -0.39 is 22.0 Å². The van der Waals surface area contributed by atoms with Crippen molar-refractivity contribution in [2.45, 2.75) is 10.9 Å². The smallest absolute Gasteiger partial charge is 0.261 e. The zero-order valence-corrected chi connectivity index (χ0v) is 20.5. The minimum atomic E-state index is -3.87. The van der Waals surface area contributed by atoms with Gasteiger partial charge in [0.2, 0.25) is 0 Å². The van der Waals surface area contributed by atoms with E-state index in [0.717, 1.165) is 5.56 Å². The molecule has 37 heavy (non-hydrogen) atoms. The van der Waals surface area contributed by atoms with Gasteiger partial charge in [-0.1, -0.05) is 36.4 Å². The van der Waals surface area contributed by atoms with Crippen LogP contribution in [0.15, 0.2) is 108 Å². The number of aromatic nitrogens is 1. The molecule has 0 spiro atoms. The van der Waals surface area contributed by atoms with Crippen LogP contribution in [0.5, 0.6) is 0 Å². The third kappa shape index (κ3) is 6.78. The lowest BCUT2D eigenvalue weighted by Crippen LogP contribution is -2.32. The number of anilines is 2. The largest absolute Gasteiger partial charge is 0.350 e. The van der Waals surface area contributed by atoms with Crippen molar-refractivity contribution < 1.29 is 18.0 Å². The van der Waals surface area contributed by atoms with E-state index in [2.05, 4.69) is 20.3 Å². The zero-order valence-electron chi connectivity index (χ0n) is 19.7. The molecule has 0 aliphatic rings. The number of hydrogen-bond acceptors (Lipinski definition) is 6. The highest BCUT2D eigenvalue weighted by Gasteiger charge is 2.17. The summed E-state index contributed by atoms with van der Waals surface area (Å²) in [4.78, 5) is 29.0. The van der Waals surface area contributed by atoms with Gasteiger partial charge in [0, 0.05) is 47.5 Å². The van der Waals surface area contributed by atoms with Crippen LogP contribution in [0.25, 0.3) is 0 Å². The average molecular weight is 516 g/mol. The van der Waals surface area contributed by atoms with E-state index in [1.165, 1.54) is 24.3 Å². The molecule has 3 aromatic carbocycles. The number of para-hydroxylation sites is 1. The maximum atomic E-state index is 12.7. The fourth-order valence-corrected chi connectivity index (χ4v) is 4.57. The van der Waals surface area contributed by atoms with Crippen molar-refractivity contribution in [1.29, 1.82) is 0 Å². The first-order chi connectivity index (χ1) is 17.8. The molecule has 0 fully saturated rings. The Bertz CT molecular complexity index is 1480. The lowest BCUT2D eigenvalue weighted by Gasteiger charge is -2.14. The van der Waals surface area contributed by atoms with Crippen molar-refractivity contribution in [3.8, 4) is 0 Å². The summed E-state index contributed by atoms with van der Waals surface area (Å²) in [5, 5.41) is 5.51. The van der Waals surface area contributed by atoms with E-state index >= 15 is 0 Å². The van der Waals surface area contributed by atoms with Crippen molar-refractivity contribution in [2.75, 3.05) is 16.6 Å². The van der Waals surface area contributed by atoms with Crippen molar-refractivity contribution >= 4 is 33.2 Å². The van der Waals surface area contributed by atoms with Crippen LogP contribution >= 0.6 is 0 Å². The monoisotopic (exact) mass is 515 g/mol. The second-order valence-electron chi connectivity index (χ2n) is 8.13. The van der Waals surface area contributed by atoms with Crippen molar-refractivity contribution in [2.24, 2.45) is 5.73 Å². The van der Waals surface area contributed by atoms with Crippen LogP contribution in [0.1, 0.15) is 32.3 Å². The molecule has 10 heteroatoms. The summed E-state index contributed by atoms with van der Waals surface area (Å²) in [5.41, 5.74) is 8.65. The van der Waals surface area contributed by atoms with Crippen LogP contribution in [0.2, 0.25) is 0 Å². The Morgan fingerprint density at radius 3 is 2.19 bits per heavy atom. The van der Waals surface area contributed by atoms with Crippen molar-refractivity contribution in [3.05, 3.63) is 120 Å². The molecule has 4 aromatic rings. The van der Waals surface area contributed by atoms with Crippen LogP contribution in [-0.2, 0) is 10.0 Å². The second kappa shape index (κ2) is 11.5. The quantitative estimate of drug-likeness (QED) is 0.268. The summed E-state index contributed by atoms with van der Waals surface area (Å²) in [6.45, 7) is 0.112. The molecule has 0 aliphatic carbocycles. The van der Waals surface area contributed by atoms with Gasteiger partial charge in [0.1, 0.15) is 0 Å². The number of rotatable bonds is 9. The van der Waals surface area contributed by atoms with Crippen LogP contribution in [0.4, 0.5) is 11.4 Å². The number of carbonyl (C=O) groups is 2. The summed E-state index contributed by atoms with van der Waals surface area (Å²) >= 11 is 0. The van der Waals surface area contributed by atoms with Gasteiger partial charge in [0.25, 0.3) is 21.8 Å². The number of pyridine rings is 1. The molecule has 4 rings (SSSR count). The van der Waals surface area contributed by atoms with E-state index in [-0.39, 0.29) is 22.9 Å². The third-order valence-electron chi connectivity index (χ3n) is 5.45. The zero-order chi connectivity index (χ0) is 26.3. The maximum Gasteiger partial charge on any atom is 0.261 e. The molecule has 188 valence electrons. The highest BCUT2D eigenvalue weighted by atomic mass is 32.2. The Kier molecular flexibility index (Phi) is 7.92. The maximum absolute atomic E-state index is 12.7. The molecular formula is C27H25N5O4S. The van der Waals surface area contributed by atoms with E-state index in [4.69, 9.17) is 5.73 Å². The fraction of sp³-hybridized carbons (Fsp3) is 0.0741. The molecule has 0 bridgehead atoms. The van der Waals surface area contributed by atoms with Gasteiger partial charge >= 0.3 is 0 Å². The summed E-state index contributed by atoms with van der Waals surface area (Å²) in [6, 6.07) is 23.8. The minimum Gasteiger partial charge on any atom is -0.350 e. The lowest BCUT2D eigenvalue weighted by atomic mass is 10.0. The number of nitrogens with zero attached hydrogens (tertiary/aromatic N) is 1. The normalized spacial score (nSPS) is 11.8. The van der Waals surface area contributed by atoms with Gasteiger partial charge in [0.05, 0.1) is 4.90 Å². The number of hydrogen-bond donors (Lipinski definition) is 4. The third-order valence-corrected chi connectivity index (χ3v) is 6.83. The number of amides is 2. The Labute approximate surface area is 214 Å². The number of nitrogens with two attached hydrogens (primary N) is 1. The van der Waals surface area contributed by atoms with Crippen LogP contribution in [0.3, 0.4) is 0 Å². The van der Waals surface area contributed by atoms with Crippen LogP contribution in [0, 0.1) is 0 Å². The van der Waals surface area contributed by atoms with Gasteiger partial charge in [-0.2, -0.15) is 0 Å².